The van der Waals surface area contributed by atoms with Crippen LogP contribution >= 0.6 is 0 Å². The molecule has 19 heavy (non-hydrogen) atoms. The van der Waals surface area contributed by atoms with Gasteiger partial charge in [-0.05, 0) is 34.1 Å². The zero-order valence-corrected chi connectivity index (χ0v) is 12.1. The third-order valence-corrected chi connectivity index (χ3v) is 2.92. The molecule has 0 fully saturated rings. The Morgan fingerprint density at radius 1 is 1.32 bits per heavy atom. The van der Waals surface area contributed by atoms with Crippen molar-refractivity contribution >= 4 is 17.5 Å². The quantitative estimate of drug-likeness (QED) is 0.608. The fourth-order valence-electron chi connectivity index (χ4n) is 1.52. The van der Waals surface area contributed by atoms with E-state index in [1.165, 1.54) is 0 Å². The number of nitrogens with zero attached hydrogens (tertiary/aromatic N) is 3. The van der Waals surface area contributed by atoms with Crippen molar-refractivity contribution in [2.24, 2.45) is 0 Å². The van der Waals surface area contributed by atoms with Crippen LogP contribution in [0.3, 0.4) is 0 Å². The molecule has 0 aliphatic rings. The van der Waals surface area contributed by atoms with Crippen LogP contribution in [0.25, 0.3) is 0 Å². The highest BCUT2D eigenvalue weighted by Crippen LogP contribution is 2.29. The van der Waals surface area contributed by atoms with Crippen molar-refractivity contribution in [3.05, 3.63) is 15.8 Å². The van der Waals surface area contributed by atoms with E-state index in [-0.39, 0.29) is 17.0 Å². The summed E-state index contributed by atoms with van der Waals surface area (Å²) in [5, 5.41) is 17.2. The van der Waals surface area contributed by atoms with Gasteiger partial charge in [-0.1, -0.05) is 6.92 Å². The lowest BCUT2D eigenvalue weighted by Crippen LogP contribution is -2.31. The van der Waals surface area contributed by atoms with E-state index >= 15 is 0 Å². The third-order valence-electron chi connectivity index (χ3n) is 2.92. The lowest BCUT2D eigenvalue weighted by molar-refractivity contribution is -0.385. The first-order valence-corrected chi connectivity index (χ1v) is 6.35. The molecule has 1 heterocycles. The monoisotopic (exact) mass is 267 g/mol. The summed E-state index contributed by atoms with van der Waals surface area (Å²) in [4.78, 5) is 19.0. The minimum Gasteiger partial charge on any atom is -0.359 e. The number of nitro groups is 1. The van der Waals surface area contributed by atoms with E-state index in [4.69, 9.17) is 0 Å². The zero-order chi connectivity index (χ0) is 14.6. The normalized spacial score (nSPS) is 11.2. The second kappa shape index (κ2) is 5.81. The lowest BCUT2D eigenvalue weighted by atomic mass is 10.0. The summed E-state index contributed by atoms with van der Waals surface area (Å²) in [5.74, 6) is 0.667. The number of hydrogen-bond donors (Lipinski definition) is 2. The molecule has 0 saturated heterocycles. The first-order chi connectivity index (χ1) is 8.80. The molecular formula is C12H21N5O2. The Labute approximate surface area is 113 Å². The molecule has 0 aliphatic heterocycles. The first-order valence-electron chi connectivity index (χ1n) is 6.35. The van der Waals surface area contributed by atoms with Crippen LogP contribution in [0.2, 0.25) is 0 Å². The molecule has 7 nitrogen and oxygen atoms in total. The van der Waals surface area contributed by atoms with Gasteiger partial charge in [-0.15, -0.1) is 0 Å². The predicted molar refractivity (Wildman–Crippen MR) is 75.6 cm³/mol. The van der Waals surface area contributed by atoms with Crippen molar-refractivity contribution in [3.8, 4) is 0 Å². The number of aryl methyl sites for hydroxylation is 1. The van der Waals surface area contributed by atoms with Gasteiger partial charge in [0.1, 0.15) is 5.69 Å². The van der Waals surface area contributed by atoms with Crippen molar-refractivity contribution in [2.45, 2.75) is 46.6 Å². The smallest absolute Gasteiger partial charge is 0.332 e. The van der Waals surface area contributed by atoms with Gasteiger partial charge in [-0.2, -0.15) is 4.98 Å². The molecule has 0 aliphatic carbocycles. The number of anilines is 2. The van der Waals surface area contributed by atoms with Crippen molar-refractivity contribution in [1.82, 2.24) is 9.97 Å². The van der Waals surface area contributed by atoms with Crippen LogP contribution in [0.1, 0.15) is 39.8 Å². The van der Waals surface area contributed by atoms with Gasteiger partial charge in [0.05, 0.1) is 4.92 Å². The summed E-state index contributed by atoms with van der Waals surface area (Å²) in [6.45, 7) is 10.2. The summed E-state index contributed by atoms with van der Waals surface area (Å²) in [7, 11) is 0. The Balaban J connectivity index is 3.27. The predicted octanol–water partition coefficient (Wildman–Crippen LogP) is 2.73. The molecule has 1 aromatic heterocycles. The molecule has 0 radical (unpaired) electrons. The lowest BCUT2D eigenvalue weighted by Gasteiger charge is -2.25. The number of hydrogen-bond acceptors (Lipinski definition) is 6. The summed E-state index contributed by atoms with van der Waals surface area (Å²) in [5.41, 5.74) is 0.0169. The van der Waals surface area contributed by atoms with Crippen LogP contribution in [0.5, 0.6) is 0 Å². The van der Waals surface area contributed by atoms with Gasteiger partial charge in [0.2, 0.25) is 11.8 Å². The maximum Gasteiger partial charge on any atom is 0.332 e. The molecule has 0 atom stereocenters. The van der Waals surface area contributed by atoms with Gasteiger partial charge in [0, 0.05) is 12.1 Å². The molecule has 0 unspecified atom stereocenters. The largest absolute Gasteiger partial charge is 0.359 e. The van der Waals surface area contributed by atoms with Gasteiger partial charge in [-0.25, -0.2) is 4.98 Å². The van der Waals surface area contributed by atoms with E-state index < -0.39 is 4.92 Å². The minimum absolute atomic E-state index is 0.0665. The third kappa shape index (κ3) is 3.77. The van der Waals surface area contributed by atoms with Crippen molar-refractivity contribution in [2.75, 3.05) is 17.2 Å². The Morgan fingerprint density at radius 2 is 1.95 bits per heavy atom. The van der Waals surface area contributed by atoms with Crippen LogP contribution < -0.4 is 10.6 Å². The van der Waals surface area contributed by atoms with Crippen LogP contribution in [-0.4, -0.2) is 27.0 Å². The molecular weight excluding hydrogens is 246 g/mol. The van der Waals surface area contributed by atoms with E-state index in [1.54, 1.807) is 6.92 Å². The fourth-order valence-corrected chi connectivity index (χ4v) is 1.52. The average Bonchev–Trinajstić information content (AvgIpc) is 2.27. The van der Waals surface area contributed by atoms with Crippen molar-refractivity contribution in [3.63, 3.8) is 0 Å². The Hall–Kier alpha value is -1.92. The van der Waals surface area contributed by atoms with Crippen LogP contribution in [0, 0.1) is 17.0 Å². The highest BCUT2D eigenvalue weighted by atomic mass is 16.6. The van der Waals surface area contributed by atoms with E-state index in [1.807, 2.05) is 27.7 Å². The van der Waals surface area contributed by atoms with E-state index in [0.29, 0.717) is 18.2 Å². The first kappa shape index (κ1) is 15.1. The van der Waals surface area contributed by atoms with Crippen LogP contribution in [-0.2, 0) is 0 Å². The second-order valence-corrected chi connectivity index (χ2v) is 4.98. The van der Waals surface area contributed by atoms with Crippen molar-refractivity contribution in [1.29, 1.82) is 0 Å². The van der Waals surface area contributed by atoms with Gasteiger partial charge >= 0.3 is 5.69 Å². The van der Waals surface area contributed by atoms with Gasteiger partial charge in [0.15, 0.2) is 0 Å². The molecule has 0 amide bonds. The molecule has 1 rings (SSSR count). The minimum atomic E-state index is -0.445. The topological polar surface area (TPSA) is 93.0 Å². The number of rotatable bonds is 6. The summed E-state index contributed by atoms with van der Waals surface area (Å²) in [6, 6.07) is 0. The Morgan fingerprint density at radius 3 is 2.42 bits per heavy atom. The molecule has 7 heteroatoms. The van der Waals surface area contributed by atoms with Gasteiger partial charge in [-0.3, -0.25) is 10.1 Å². The molecule has 0 saturated carbocycles. The molecule has 106 valence electrons. The van der Waals surface area contributed by atoms with Crippen LogP contribution in [0.4, 0.5) is 17.5 Å². The fraction of sp³-hybridized carbons (Fsp3) is 0.667. The summed E-state index contributed by atoms with van der Waals surface area (Å²) < 4.78 is 0. The maximum atomic E-state index is 11.2. The van der Waals surface area contributed by atoms with Gasteiger partial charge < -0.3 is 10.6 Å². The average molecular weight is 267 g/mol. The summed E-state index contributed by atoms with van der Waals surface area (Å²) >= 11 is 0. The SMILES string of the molecule is CCNc1nc(C)c([N+](=O)[O-])c(NC(C)(C)CC)n1. The summed E-state index contributed by atoms with van der Waals surface area (Å²) in [6.07, 6.45) is 0.823. The highest BCUT2D eigenvalue weighted by molar-refractivity contribution is 5.61. The van der Waals surface area contributed by atoms with E-state index in [9.17, 15) is 10.1 Å². The molecule has 0 bridgehead atoms. The highest BCUT2D eigenvalue weighted by Gasteiger charge is 2.26. The number of aromatic nitrogens is 2. The maximum absolute atomic E-state index is 11.2. The molecule has 1 aromatic rings. The molecule has 2 N–H and O–H groups in total. The zero-order valence-electron chi connectivity index (χ0n) is 12.1. The number of nitrogens with one attached hydrogen (secondary N) is 2. The van der Waals surface area contributed by atoms with Crippen LogP contribution in [0.15, 0.2) is 0 Å². The Kier molecular flexibility index (Phi) is 4.63. The Bertz CT molecular complexity index is 473. The molecule has 0 spiro atoms. The van der Waals surface area contributed by atoms with E-state index in [0.717, 1.165) is 6.42 Å². The standard InChI is InChI=1S/C12H21N5O2/c1-6-12(4,5)16-10-9(17(18)19)8(3)14-11(15-10)13-7-2/h6-7H2,1-5H3,(H2,13,14,15,16). The van der Waals surface area contributed by atoms with Gasteiger partial charge in [0.25, 0.3) is 0 Å². The van der Waals surface area contributed by atoms with Crippen molar-refractivity contribution < 1.29 is 4.92 Å². The molecule has 0 aromatic carbocycles. The van der Waals surface area contributed by atoms with E-state index in [2.05, 4.69) is 20.6 Å². The second-order valence-electron chi connectivity index (χ2n) is 4.98.